The standard InChI is InChI=1S/C22H26N2O3/c1-2-16-9-11-18(12-10-16)27-15-17(25)14-24-20-7-4-3-6-19(20)23-22(24)21-8-5-13-26-21/h3-4,6-7,9-12,17,21,25H,2,5,8,13-15H2,1H3. The summed E-state index contributed by atoms with van der Waals surface area (Å²) < 4.78 is 13.7. The highest BCUT2D eigenvalue weighted by molar-refractivity contribution is 5.76. The summed E-state index contributed by atoms with van der Waals surface area (Å²) in [6.07, 6.45) is 2.40. The SMILES string of the molecule is CCc1ccc(OCC(O)Cn2c(C3CCCO3)nc3ccccc32)cc1. The third-order valence-electron chi connectivity index (χ3n) is 5.07. The summed E-state index contributed by atoms with van der Waals surface area (Å²) in [5, 5.41) is 10.6. The maximum Gasteiger partial charge on any atom is 0.139 e. The van der Waals surface area contributed by atoms with Gasteiger partial charge in [-0.05, 0) is 49.1 Å². The molecule has 2 atom stereocenters. The smallest absolute Gasteiger partial charge is 0.139 e. The topological polar surface area (TPSA) is 56.5 Å². The minimum Gasteiger partial charge on any atom is -0.491 e. The Labute approximate surface area is 159 Å². The molecular formula is C22H26N2O3. The van der Waals surface area contributed by atoms with E-state index in [2.05, 4.69) is 23.6 Å². The van der Waals surface area contributed by atoms with Crippen molar-refractivity contribution in [1.82, 2.24) is 9.55 Å². The molecule has 1 N–H and O–H groups in total. The summed E-state index contributed by atoms with van der Waals surface area (Å²) in [6, 6.07) is 16.0. The molecule has 0 saturated carbocycles. The van der Waals surface area contributed by atoms with Crippen LogP contribution < -0.4 is 4.74 Å². The molecule has 1 fully saturated rings. The lowest BCUT2D eigenvalue weighted by atomic mass is 10.2. The molecule has 0 bridgehead atoms. The minimum absolute atomic E-state index is 0.00658. The van der Waals surface area contributed by atoms with E-state index in [0.29, 0.717) is 6.54 Å². The van der Waals surface area contributed by atoms with Gasteiger partial charge < -0.3 is 19.1 Å². The number of aliphatic hydroxyl groups excluding tert-OH is 1. The van der Waals surface area contributed by atoms with Crippen LogP contribution in [0.15, 0.2) is 48.5 Å². The molecule has 2 aromatic carbocycles. The van der Waals surface area contributed by atoms with Crippen molar-refractivity contribution in [2.45, 2.75) is 44.9 Å². The highest BCUT2D eigenvalue weighted by Crippen LogP contribution is 2.30. The lowest BCUT2D eigenvalue weighted by Crippen LogP contribution is -2.25. The summed E-state index contributed by atoms with van der Waals surface area (Å²) in [5.41, 5.74) is 3.23. The van der Waals surface area contributed by atoms with Crippen LogP contribution in [0.2, 0.25) is 0 Å². The first-order chi connectivity index (χ1) is 13.2. The van der Waals surface area contributed by atoms with Gasteiger partial charge >= 0.3 is 0 Å². The number of benzene rings is 2. The van der Waals surface area contributed by atoms with Crippen LogP contribution in [-0.4, -0.2) is 34.0 Å². The summed E-state index contributed by atoms with van der Waals surface area (Å²) >= 11 is 0. The predicted molar refractivity (Wildman–Crippen MR) is 105 cm³/mol. The Hall–Kier alpha value is -2.37. The largest absolute Gasteiger partial charge is 0.491 e. The quantitative estimate of drug-likeness (QED) is 0.689. The number of hydrogen-bond acceptors (Lipinski definition) is 4. The summed E-state index contributed by atoms with van der Waals surface area (Å²) in [7, 11) is 0. The van der Waals surface area contributed by atoms with Crippen LogP contribution in [0.25, 0.3) is 11.0 Å². The summed E-state index contributed by atoms with van der Waals surface area (Å²) in [4.78, 5) is 4.77. The first kappa shape index (κ1) is 18.0. The van der Waals surface area contributed by atoms with Crippen molar-refractivity contribution < 1.29 is 14.6 Å². The van der Waals surface area contributed by atoms with E-state index in [-0.39, 0.29) is 12.7 Å². The lowest BCUT2D eigenvalue weighted by molar-refractivity contribution is 0.0806. The van der Waals surface area contributed by atoms with E-state index in [4.69, 9.17) is 14.5 Å². The van der Waals surface area contributed by atoms with Gasteiger partial charge in [0.05, 0.1) is 17.6 Å². The monoisotopic (exact) mass is 366 g/mol. The van der Waals surface area contributed by atoms with Gasteiger partial charge in [0.25, 0.3) is 0 Å². The Kier molecular flexibility index (Phi) is 5.41. The van der Waals surface area contributed by atoms with E-state index in [1.807, 2.05) is 36.4 Å². The molecule has 1 aliphatic heterocycles. The minimum atomic E-state index is -0.631. The van der Waals surface area contributed by atoms with Crippen molar-refractivity contribution in [1.29, 1.82) is 0 Å². The van der Waals surface area contributed by atoms with E-state index < -0.39 is 6.10 Å². The maximum absolute atomic E-state index is 10.6. The Balaban J connectivity index is 1.48. The number of fused-ring (bicyclic) bond motifs is 1. The third-order valence-corrected chi connectivity index (χ3v) is 5.07. The molecule has 2 unspecified atom stereocenters. The van der Waals surface area contributed by atoms with Gasteiger partial charge in [0.1, 0.15) is 30.4 Å². The molecule has 1 aromatic heterocycles. The van der Waals surface area contributed by atoms with Crippen LogP contribution in [0, 0.1) is 0 Å². The van der Waals surface area contributed by atoms with E-state index in [1.165, 1.54) is 5.56 Å². The van der Waals surface area contributed by atoms with Gasteiger partial charge in [0, 0.05) is 6.61 Å². The Morgan fingerprint density at radius 1 is 1.22 bits per heavy atom. The van der Waals surface area contributed by atoms with Crippen molar-refractivity contribution in [3.8, 4) is 5.75 Å². The van der Waals surface area contributed by atoms with Gasteiger partial charge in [-0.2, -0.15) is 0 Å². The number of rotatable bonds is 7. The molecule has 2 heterocycles. The van der Waals surface area contributed by atoms with Crippen LogP contribution >= 0.6 is 0 Å². The zero-order valence-electron chi connectivity index (χ0n) is 15.7. The third kappa shape index (κ3) is 3.99. The molecular weight excluding hydrogens is 340 g/mol. The molecule has 4 rings (SSSR count). The van der Waals surface area contributed by atoms with Crippen LogP contribution in [0.1, 0.15) is 37.3 Å². The molecule has 0 radical (unpaired) electrons. The Morgan fingerprint density at radius 2 is 2.04 bits per heavy atom. The van der Waals surface area contributed by atoms with Crippen LogP contribution in [-0.2, 0) is 17.7 Å². The molecule has 0 aliphatic carbocycles. The average molecular weight is 366 g/mol. The number of hydrogen-bond donors (Lipinski definition) is 1. The highest BCUT2D eigenvalue weighted by Gasteiger charge is 2.25. The van der Waals surface area contributed by atoms with E-state index in [1.54, 1.807) is 0 Å². The zero-order valence-corrected chi connectivity index (χ0v) is 15.7. The first-order valence-corrected chi connectivity index (χ1v) is 9.71. The Morgan fingerprint density at radius 3 is 2.78 bits per heavy atom. The van der Waals surface area contributed by atoms with Gasteiger partial charge in [0.2, 0.25) is 0 Å². The first-order valence-electron chi connectivity index (χ1n) is 9.71. The maximum atomic E-state index is 10.6. The van der Waals surface area contributed by atoms with Crippen molar-refractivity contribution >= 4 is 11.0 Å². The molecule has 3 aromatic rings. The van der Waals surface area contributed by atoms with Crippen LogP contribution in [0.4, 0.5) is 0 Å². The number of nitrogens with zero attached hydrogens (tertiary/aromatic N) is 2. The van der Waals surface area contributed by atoms with Crippen molar-refractivity contribution in [2.24, 2.45) is 0 Å². The summed E-state index contributed by atoms with van der Waals surface area (Å²) in [6.45, 7) is 3.57. The van der Waals surface area contributed by atoms with Gasteiger partial charge in [-0.1, -0.05) is 31.2 Å². The van der Waals surface area contributed by atoms with Crippen molar-refractivity contribution in [2.75, 3.05) is 13.2 Å². The second-order valence-electron chi connectivity index (χ2n) is 7.03. The number of aryl methyl sites for hydroxylation is 1. The molecule has 27 heavy (non-hydrogen) atoms. The lowest BCUT2D eigenvalue weighted by Gasteiger charge is -2.18. The number of para-hydroxylation sites is 2. The fourth-order valence-electron chi connectivity index (χ4n) is 3.59. The number of imidazole rings is 1. The van der Waals surface area contributed by atoms with Crippen molar-refractivity contribution in [3.05, 3.63) is 59.9 Å². The number of aliphatic hydroxyl groups is 1. The normalized spacial score (nSPS) is 18.1. The fourth-order valence-corrected chi connectivity index (χ4v) is 3.59. The predicted octanol–water partition coefficient (Wildman–Crippen LogP) is 3.89. The van der Waals surface area contributed by atoms with E-state index in [0.717, 1.165) is 48.5 Å². The van der Waals surface area contributed by atoms with Gasteiger partial charge in [-0.25, -0.2) is 4.98 Å². The number of aromatic nitrogens is 2. The van der Waals surface area contributed by atoms with Crippen molar-refractivity contribution in [3.63, 3.8) is 0 Å². The van der Waals surface area contributed by atoms with E-state index >= 15 is 0 Å². The number of ether oxygens (including phenoxy) is 2. The van der Waals surface area contributed by atoms with Gasteiger partial charge in [0.15, 0.2) is 0 Å². The van der Waals surface area contributed by atoms with E-state index in [9.17, 15) is 5.11 Å². The molecule has 0 spiro atoms. The van der Waals surface area contributed by atoms with Crippen LogP contribution in [0.5, 0.6) is 5.75 Å². The van der Waals surface area contributed by atoms with Gasteiger partial charge in [-0.3, -0.25) is 0 Å². The second kappa shape index (κ2) is 8.11. The molecule has 142 valence electrons. The second-order valence-corrected chi connectivity index (χ2v) is 7.03. The average Bonchev–Trinajstić information content (AvgIpc) is 3.35. The zero-order chi connectivity index (χ0) is 18.6. The Bertz CT molecular complexity index is 882. The molecule has 1 aliphatic rings. The fraction of sp³-hybridized carbons (Fsp3) is 0.409. The highest BCUT2D eigenvalue weighted by atomic mass is 16.5. The molecule has 5 nitrogen and oxygen atoms in total. The van der Waals surface area contributed by atoms with Crippen LogP contribution in [0.3, 0.4) is 0 Å². The molecule has 5 heteroatoms. The molecule has 0 amide bonds. The molecule has 1 saturated heterocycles. The summed E-state index contributed by atoms with van der Waals surface area (Å²) in [5.74, 6) is 1.68. The van der Waals surface area contributed by atoms with Gasteiger partial charge in [-0.15, -0.1) is 0 Å².